The first-order chi connectivity index (χ1) is 15.3. The number of hydrogen-bond acceptors (Lipinski definition) is 5. The summed E-state index contributed by atoms with van der Waals surface area (Å²) in [5, 5.41) is 0. The summed E-state index contributed by atoms with van der Waals surface area (Å²) in [6.07, 6.45) is 1.70. The van der Waals surface area contributed by atoms with Crippen LogP contribution >= 0.6 is 33.3 Å². The maximum Gasteiger partial charge on any atom is 0.190 e. The number of Topliss-reactive ketones (excluding diaryl/α,β-unsaturated/α-hetero) is 2. The van der Waals surface area contributed by atoms with E-state index >= 15 is 0 Å². The van der Waals surface area contributed by atoms with E-state index in [9.17, 15) is 9.59 Å². The molecule has 0 bridgehead atoms. The fourth-order valence-electron chi connectivity index (χ4n) is 5.91. The van der Waals surface area contributed by atoms with Crippen molar-refractivity contribution in [2.75, 3.05) is 0 Å². The fraction of sp³-hybridized carbons (Fsp3) is 0.500. The molecule has 0 saturated carbocycles. The first-order valence-electron chi connectivity index (χ1n) is 11.6. The van der Waals surface area contributed by atoms with Gasteiger partial charge in [-0.25, -0.2) is 0 Å². The monoisotopic (exact) mass is 496 g/mol. The first-order valence-corrected chi connectivity index (χ1v) is 14.6. The van der Waals surface area contributed by atoms with Crippen LogP contribution in [0.25, 0.3) is 0 Å². The van der Waals surface area contributed by atoms with E-state index in [2.05, 4.69) is 65.8 Å². The van der Waals surface area contributed by atoms with Crippen molar-refractivity contribution in [3.8, 4) is 0 Å². The number of ketones is 2. The minimum absolute atomic E-state index is 0.199. The smallest absolute Gasteiger partial charge is 0.190 e. The van der Waals surface area contributed by atoms with Crippen molar-refractivity contribution < 1.29 is 9.59 Å². The topological polar surface area (TPSA) is 34.1 Å². The van der Waals surface area contributed by atoms with E-state index < -0.39 is 8.16 Å². The number of benzene rings is 2. The highest BCUT2D eigenvalue weighted by Crippen LogP contribution is 2.77. The molecule has 0 radical (unpaired) electrons. The van der Waals surface area contributed by atoms with Crippen LogP contribution in [-0.2, 0) is 12.8 Å². The second kappa shape index (κ2) is 7.18. The zero-order valence-electron chi connectivity index (χ0n) is 20.8. The molecule has 1 heterocycles. The number of thioether (sulfide) groups is 1. The van der Waals surface area contributed by atoms with Crippen LogP contribution in [0.3, 0.4) is 0 Å². The Bertz CT molecular complexity index is 1150. The first kappa shape index (κ1) is 23.6. The van der Waals surface area contributed by atoms with Gasteiger partial charge < -0.3 is 0 Å². The SMILES string of the molecule is Cc1ccc(C)c2c1CC(C)(C)[C@]1(SS[C@@]3(S1)C(=O)c1c(C)ccc(C)c1CC3(C)C)C2=O. The van der Waals surface area contributed by atoms with Crippen LogP contribution in [0.5, 0.6) is 0 Å². The molecular formula is C28H32O2S3. The van der Waals surface area contributed by atoms with Gasteiger partial charge in [0.25, 0.3) is 0 Å². The van der Waals surface area contributed by atoms with E-state index in [-0.39, 0.29) is 22.4 Å². The summed E-state index contributed by atoms with van der Waals surface area (Å²) in [5.41, 5.74) is 8.08. The molecule has 1 aliphatic heterocycles. The molecule has 5 rings (SSSR count). The van der Waals surface area contributed by atoms with E-state index in [1.165, 1.54) is 22.3 Å². The molecule has 0 amide bonds. The van der Waals surface area contributed by atoms with Crippen LogP contribution in [-0.4, -0.2) is 19.7 Å². The molecule has 2 aromatic rings. The zero-order chi connectivity index (χ0) is 24.1. The van der Waals surface area contributed by atoms with Crippen LogP contribution in [0.4, 0.5) is 0 Å². The number of carbonyl (C=O) groups is 2. The average molecular weight is 497 g/mol. The summed E-state index contributed by atoms with van der Waals surface area (Å²) in [6.45, 7) is 17.2. The van der Waals surface area contributed by atoms with Crippen molar-refractivity contribution in [2.24, 2.45) is 10.8 Å². The molecule has 0 aromatic heterocycles. The lowest BCUT2D eigenvalue weighted by Gasteiger charge is -2.50. The average Bonchev–Trinajstić information content (AvgIpc) is 3.15. The molecule has 5 heteroatoms. The molecule has 0 N–H and O–H groups in total. The highest BCUT2D eigenvalue weighted by atomic mass is 33.1. The van der Waals surface area contributed by atoms with E-state index in [1.807, 2.05) is 13.8 Å². The van der Waals surface area contributed by atoms with Crippen molar-refractivity contribution in [1.82, 2.24) is 0 Å². The molecule has 3 aliphatic rings. The number of fused-ring (bicyclic) bond motifs is 2. The molecule has 1 saturated heterocycles. The maximum absolute atomic E-state index is 14.4. The minimum Gasteiger partial charge on any atom is -0.292 e. The second-order valence-corrected chi connectivity index (χ2v) is 15.9. The van der Waals surface area contributed by atoms with Gasteiger partial charge in [-0.15, -0.1) is 11.8 Å². The van der Waals surface area contributed by atoms with Crippen LogP contribution in [0, 0.1) is 38.5 Å². The predicted octanol–water partition coefficient (Wildman–Crippen LogP) is 7.67. The van der Waals surface area contributed by atoms with E-state index in [0.717, 1.165) is 35.1 Å². The molecule has 2 atom stereocenters. The summed E-state index contributed by atoms with van der Waals surface area (Å²) in [4.78, 5) is 28.7. The molecular weight excluding hydrogens is 465 g/mol. The lowest BCUT2D eigenvalue weighted by molar-refractivity contribution is 0.0891. The van der Waals surface area contributed by atoms with Gasteiger partial charge in [0.1, 0.15) is 8.16 Å². The maximum atomic E-state index is 14.4. The van der Waals surface area contributed by atoms with Gasteiger partial charge in [0.2, 0.25) is 0 Å². The van der Waals surface area contributed by atoms with Crippen molar-refractivity contribution in [3.63, 3.8) is 0 Å². The van der Waals surface area contributed by atoms with Crippen LogP contribution in [0.1, 0.15) is 81.8 Å². The van der Waals surface area contributed by atoms with Crippen LogP contribution in [0.2, 0.25) is 0 Å². The largest absolute Gasteiger partial charge is 0.292 e. The van der Waals surface area contributed by atoms with Crippen molar-refractivity contribution in [2.45, 2.75) is 76.4 Å². The van der Waals surface area contributed by atoms with Crippen LogP contribution < -0.4 is 0 Å². The Kier molecular flexibility index (Phi) is 5.12. The Morgan fingerprint density at radius 2 is 0.939 bits per heavy atom. The van der Waals surface area contributed by atoms with Gasteiger partial charge in [0, 0.05) is 22.0 Å². The van der Waals surface area contributed by atoms with Crippen LogP contribution in [0.15, 0.2) is 24.3 Å². The minimum atomic E-state index is -0.689. The number of hydrogen-bond donors (Lipinski definition) is 0. The number of aryl methyl sites for hydroxylation is 4. The van der Waals surface area contributed by atoms with Gasteiger partial charge in [-0.1, -0.05) is 73.5 Å². The summed E-state index contributed by atoms with van der Waals surface area (Å²) < 4.78 is -1.38. The molecule has 33 heavy (non-hydrogen) atoms. The van der Waals surface area contributed by atoms with Crippen molar-refractivity contribution >= 4 is 44.9 Å². The van der Waals surface area contributed by atoms with Gasteiger partial charge in [-0.2, -0.15) is 0 Å². The lowest BCUT2D eigenvalue weighted by Crippen LogP contribution is -2.55. The Morgan fingerprint density at radius 1 is 0.606 bits per heavy atom. The van der Waals surface area contributed by atoms with E-state index in [4.69, 9.17) is 0 Å². The molecule has 174 valence electrons. The fourth-order valence-corrected chi connectivity index (χ4v) is 13.5. The van der Waals surface area contributed by atoms with Gasteiger partial charge in [0.15, 0.2) is 11.6 Å². The van der Waals surface area contributed by atoms with Gasteiger partial charge in [0.05, 0.1) is 0 Å². The third-order valence-corrected chi connectivity index (χ3v) is 15.6. The van der Waals surface area contributed by atoms with Gasteiger partial charge in [-0.3, -0.25) is 9.59 Å². The summed E-state index contributed by atoms with van der Waals surface area (Å²) in [6, 6.07) is 8.42. The lowest BCUT2D eigenvalue weighted by atomic mass is 9.70. The predicted molar refractivity (Wildman–Crippen MR) is 144 cm³/mol. The molecule has 2 nitrogen and oxygen atoms in total. The van der Waals surface area contributed by atoms with Gasteiger partial charge >= 0.3 is 0 Å². The Morgan fingerprint density at radius 3 is 1.30 bits per heavy atom. The Labute approximate surface area is 209 Å². The molecule has 2 spiro atoms. The van der Waals surface area contributed by atoms with E-state index in [1.54, 1.807) is 33.3 Å². The standard InChI is InChI=1S/C28H32O2S3/c1-15-9-11-17(3)21-19(15)13-25(5,6)27(23(21)29)31-28(33-32-27)24(30)22-18(4)12-10-16(2)20(22)14-26(28,7)8/h9-12H,13-14H2,1-8H3/t27-,28+. The zero-order valence-corrected chi connectivity index (χ0v) is 23.2. The third kappa shape index (κ3) is 2.91. The quantitative estimate of drug-likeness (QED) is 0.350. The third-order valence-electron chi connectivity index (χ3n) is 8.15. The molecule has 2 aliphatic carbocycles. The highest BCUT2D eigenvalue weighted by molar-refractivity contribution is 8.84. The van der Waals surface area contributed by atoms with Gasteiger partial charge in [-0.05, 0) is 73.9 Å². The summed E-state index contributed by atoms with van der Waals surface area (Å²) >= 11 is 1.67. The Hall–Kier alpha value is -1.17. The summed E-state index contributed by atoms with van der Waals surface area (Å²) in [7, 11) is 3.33. The van der Waals surface area contributed by atoms with Crippen molar-refractivity contribution in [3.05, 3.63) is 68.8 Å². The number of carbonyl (C=O) groups excluding carboxylic acids is 2. The number of rotatable bonds is 0. The molecule has 0 unspecified atom stereocenters. The Balaban J connectivity index is 1.69. The normalized spacial score (nSPS) is 29.5. The van der Waals surface area contributed by atoms with E-state index in [0.29, 0.717) is 0 Å². The molecule has 2 aromatic carbocycles. The molecule has 1 fully saturated rings. The van der Waals surface area contributed by atoms with Crippen molar-refractivity contribution in [1.29, 1.82) is 0 Å². The second-order valence-electron chi connectivity index (χ2n) is 11.4. The summed E-state index contributed by atoms with van der Waals surface area (Å²) in [5.74, 6) is 0.398. The highest BCUT2D eigenvalue weighted by Gasteiger charge is 2.70.